The molecule has 1 aliphatic heterocycles. The monoisotopic (exact) mass is 292 g/mol. The molecule has 2 atom stereocenters. The summed E-state index contributed by atoms with van der Waals surface area (Å²) in [6, 6.07) is 2.20. The molecule has 5 nitrogen and oxygen atoms in total. The lowest BCUT2D eigenvalue weighted by Crippen LogP contribution is -2.48. The maximum absolute atomic E-state index is 12.1. The minimum Gasteiger partial charge on any atom is -0.347 e. The van der Waals surface area contributed by atoms with Crippen molar-refractivity contribution in [1.82, 2.24) is 20.0 Å². The van der Waals surface area contributed by atoms with E-state index in [0.717, 1.165) is 38.8 Å². The lowest BCUT2D eigenvalue weighted by Gasteiger charge is -2.31. The van der Waals surface area contributed by atoms with E-state index in [1.165, 1.54) is 11.4 Å². The second-order valence-electron chi connectivity index (χ2n) is 6.13. The van der Waals surface area contributed by atoms with E-state index in [1.54, 1.807) is 4.90 Å². The third kappa shape index (κ3) is 3.84. The molecule has 1 aromatic rings. The normalized spacial score (nSPS) is 22.3. The van der Waals surface area contributed by atoms with Gasteiger partial charge in [-0.15, -0.1) is 0 Å². The number of hydrogen-bond donors (Lipinski definition) is 1. The van der Waals surface area contributed by atoms with E-state index in [-0.39, 0.29) is 11.9 Å². The molecule has 1 saturated heterocycles. The fraction of sp³-hybridized carbons (Fsp3) is 0.750. The zero-order valence-corrected chi connectivity index (χ0v) is 13.7. The number of likely N-dealkylation sites (N-methyl/N-ethyl adjacent to an activating group) is 1. The van der Waals surface area contributed by atoms with Gasteiger partial charge < -0.3 is 10.2 Å². The first-order chi connectivity index (χ1) is 10.0. The van der Waals surface area contributed by atoms with Gasteiger partial charge in [-0.1, -0.05) is 6.92 Å². The van der Waals surface area contributed by atoms with E-state index in [4.69, 9.17) is 0 Å². The van der Waals surface area contributed by atoms with E-state index in [9.17, 15) is 4.79 Å². The van der Waals surface area contributed by atoms with Gasteiger partial charge in [0.1, 0.15) is 0 Å². The van der Waals surface area contributed by atoms with Crippen LogP contribution in [-0.4, -0.2) is 47.3 Å². The Hall–Kier alpha value is -1.36. The molecule has 2 heterocycles. The van der Waals surface area contributed by atoms with Gasteiger partial charge in [-0.25, -0.2) is 0 Å². The molecular weight excluding hydrogens is 264 g/mol. The molecule has 21 heavy (non-hydrogen) atoms. The van der Waals surface area contributed by atoms with Crippen LogP contribution in [0.1, 0.15) is 38.1 Å². The van der Waals surface area contributed by atoms with Crippen molar-refractivity contribution in [2.75, 3.05) is 20.6 Å². The highest BCUT2D eigenvalue weighted by molar-refractivity contribution is 5.81. The van der Waals surface area contributed by atoms with E-state index >= 15 is 0 Å². The zero-order chi connectivity index (χ0) is 15.4. The molecule has 2 unspecified atom stereocenters. The Balaban J connectivity index is 2.02. The van der Waals surface area contributed by atoms with Crippen molar-refractivity contribution in [1.29, 1.82) is 0 Å². The second-order valence-corrected chi connectivity index (χ2v) is 6.13. The number of rotatable bonds is 5. The maximum Gasteiger partial charge on any atom is 0.239 e. The van der Waals surface area contributed by atoms with Gasteiger partial charge in [0.05, 0.1) is 11.7 Å². The summed E-state index contributed by atoms with van der Waals surface area (Å²) in [6.07, 6.45) is 4.06. The summed E-state index contributed by atoms with van der Waals surface area (Å²) in [5.74, 6) is 0.754. The van der Waals surface area contributed by atoms with Crippen molar-refractivity contribution in [3.8, 4) is 0 Å². The Labute approximate surface area is 127 Å². The van der Waals surface area contributed by atoms with Crippen molar-refractivity contribution in [2.24, 2.45) is 5.92 Å². The fourth-order valence-corrected chi connectivity index (χ4v) is 3.10. The van der Waals surface area contributed by atoms with Gasteiger partial charge in [0, 0.05) is 26.3 Å². The standard InChI is InChI=1S/C16H28N4O/c1-5-13-11-14(20(6-2)18-13)9-12-7-8-17-15(10-12)16(21)19(3)4/h11-12,15,17H,5-10H2,1-4H3. The SMILES string of the molecule is CCc1cc(CC2CCNC(C(=O)N(C)C)C2)n(CC)n1. The smallest absolute Gasteiger partial charge is 0.239 e. The number of amides is 1. The highest BCUT2D eigenvalue weighted by Crippen LogP contribution is 2.22. The van der Waals surface area contributed by atoms with Crippen LogP contribution >= 0.6 is 0 Å². The summed E-state index contributed by atoms with van der Waals surface area (Å²) in [6.45, 7) is 6.12. The van der Waals surface area contributed by atoms with Crippen molar-refractivity contribution in [2.45, 2.75) is 52.1 Å². The summed E-state index contributed by atoms with van der Waals surface area (Å²) in [5, 5.41) is 7.97. The van der Waals surface area contributed by atoms with Crippen LogP contribution in [0.15, 0.2) is 6.07 Å². The summed E-state index contributed by atoms with van der Waals surface area (Å²) in [5.41, 5.74) is 2.49. The summed E-state index contributed by atoms with van der Waals surface area (Å²) < 4.78 is 2.11. The molecule has 0 spiro atoms. The average molecular weight is 292 g/mol. The van der Waals surface area contributed by atoms with Gasteiger partial charge in [-0.3, -0.25) is 9.48 Å². The molecule has 0 radical (unpaired) electrons. The first-order valence-corrected chi connectivity index (χ1v) is 8.05. The van der Waals surface area contributed by atoms with Crippen LogP contribution in [-0.2, 0) is 24.2 Å². The number of carbonyl (C=O) groups is 1. The fourth-order valence-electron chi connectivity index (χ4n) is 3.10. The first kappa shape index (κ1) is 16.0. The van der Waals surface area contributed by atoms with Crippen LogP contribution in [0.5, 0.6) is 0 Å². The van der Waals surface area contributed by atoms with Crippen LogP contribution in [0.3, 0.4) is 0 Å². The largest absolute Gasteiger partial charge is 0.347 e. The number of hydrogen-bond acceptors (Lipinski definition) is 3. The second kappa shape index (κ2) is 7.07. The van der Waals surface area contributed by atoms with Crippen LogP contribution in [0.25, 0.3) is 0 Å². The number of nitrogens with one attached hydrogen (secondary N) is 1. The molecule has 0 bridgehead atoms. The van der Waals surface area contributed by atoms with Gasteiger partial charge in [0.25, 0.3) is 0 Å². The summed E-state index contributed by atoms with van der Waals surface area (Å²) in [7, 11) is 3.65. The molecule has 1 amide bonds. The van der Waals surface area contributed by atoms with Gasteiger partial charge in [-0.05, 0) is 51.1 Å². The predicted molar refractivity (Wildman–Crippen MR) is 84.2 cm³/mol. The number of aryl methyl sites for hydroxylation is 2. The average Bonchev–Trinajstić information content (AvgIpc) is 2.88. The van der Waals surface area contributed by atoms with Gasteiger partial charge in [-0.2, -0.15) is 5.10 Å². The Kier molecular flexibility index (Phi) is 5.39. The van der Waals surface area contributed by atoms with Crippen LogP contribution < -0.4 is 5.32 Å². The molecule has 118 valence electrons. The Morgan fingerprint density at radius 2 is 2.24 bits per heavy atom. The van der Waals surface area contributed by atoms with E-state index < -0.39 is 0 Å². The lowest BCUT2D eigenvalue weighted by molar-refractivity contribution is -0.131. The lowest BCUT2D eigenvalue weighted by atomic mass is 9.88. The molecule has 1 aromatic heterocycles. The zero-order valence-electron chi connectivity index (χ0n) is 13.7. The third-order valence-corrected chi connectivity index (χ3v) is 4.32. The Morgan fingerprint density at radius 1 is 1.48 bits per heavy atom. The van der Waals surface area contributed by atoms with Crippen molar-refractivity contribution >= 4 is 5.91 Å². The minimum atomic E-state index is -0.0256. The Bertz CT molecular complexity index is 481. The molecule has 2 rings (SSSR count). The third-order valence-electron chi connectivity index (χ3n) is 4.32. The van der Waals surface area contributed by atoms with Gasteiger partial charge >= 0.3 is 0 Å². The maximum atomic E-state index is 12.1. The number of aromatic nitrogens is 2. The summed E-state index contributed by atoms with van der Waals surface area (Å²) in [4.78, 5) is 13.8. The number of nitrogens with zero attached hydrogens (tertiary/aromatic N) is 3. The van der Waals surface area contributed by atoms with E-state index in [1.807, 2.05) is 14.1 Å². The highest BCUT2D eigenvalue weighted by atomic mass is 16.2. The molecule has 1 aliphatic rings. The molecule has 1 fully saturated rings. The van der Waals surface area contributed by atoms with E-state index in [0.29, 0.717) is 5.92 Å². The van der Waals surface area contributed by atoms with Gasteiger partial charge in [0.2, 0.25) is 5.91 Å². The van der Waals surface area contributed by atoms with Crippen LogP contribution in [0.4, 0.5) is 0 Å². The van der Waals surface area contributed by atoms with Crippen molar-refractivity contribution in [3.05, 3.63) is 17.5 Å². The number of piperidine rings is 1. The van der Waals surface area contributed by atoms with Gasteiger partial charge in [0.15, 0.2) is 0 Å². The first-order valence-electron chi connectivity index (χ1n) is 8.05. The van der Waals surface area contributed by atoms with Crippen molar-refractivity contribution < 1.29 is 4.79 Å². The predicted octanol–water partition coefficient (Wildman–Crippen LogP) is 1.46. The molecule has 1 N–H and O–H groups in total. The quantitative estimate of drug-likeness (QED) is 0.894. The topological polar surface area (TPSA) is 50.2 Å². The van der Waals surface area contributed by atoms with Crippen LogP contribution in [0, 0.1) is 5.92 Å². The van der Waals surface area contributed by atoms with Crippen molar-refractivity contribution in [3.63, 3.8) is 0 Å². The van der Waals surface area contributed by atoms with Crippen LogP contribution in [0.2, 0.25) is 0 Å². The van der Waals surface area contributed by atoms with E-state index in [2.05, 4.69) is 35.0 Å². The molecule has 5 heteroatoms. The molecule has 0 saturated carbocycles. The summed E-state index contributed by atoms with van der Waals surface area (Å²) >= 11 is 0. The molecule has 0 aromatic carbocycles. The Morgan fingerprint density at radius 3 is 2.86 bits per heavy atom. The molecule has 0 aliphatic carbocycles. The molecular formula is C16H28N4O. The minimum absolute atomic E-state index is 0.0256. The number of carbonyl (C=O) groups excluding carboxylic acids is 1. The highest BCUT2D eigenvalue weighted by Gasteiger charge is 2.28.